The smallest absolute Gasteiger partial charge is 0.316 e. The quantitative estimate of drug-likeness (QED) is 0.676. The van der Waals surface area contributed by atoms with Crippen molar-refractivity contribution in [3.63, 3.8) is 0 Å². The van der Waals surface area contributed by atoms with Crippen molar-refractivity contribution in [3.05, 3.63) is 30.4 Å². The number of carbonyl (C=O) groups is 1. The topological polar surface area (TPSA) is 90.8 Å². The fraction of sp³-hybridized carbons (Fsp3) is 0.550. The van der Waals surface area contributed by atoms with Crippen LogP contribution >= 0.6 is 0 Å². The molecular weight excluding hydrogens is 384 g/mol. The normalized spacial score (nSPS) is 17.9. The maximum Gasteiger partial charge on any atom is 0.316 e. The van der Waals surface area contributed by atoms with Crippen LogP contribution in [0.2, 0.25) is 0 Å². The highest BCUT2D eigenvalue weighted by molar-refractivity contribution is 5.78. The first-order chi connectivity index (χ1) is 14.6. The third-order valence-corrected chi connectivity index (χ3v) is 5.46. The maximum absolute atomic E-state index is 12.4. The SMILES string of the molecule is Cc1nc(N2CCN(C)CC2)cc(N2CCN(C(=O)COc3ncccn3)CC2)n1. The number of amides is 1. The molecule has 0 saturated carbocycles. The Bertz CT molecular complexity index is 849. The minimum Gasteiger partial charge on any atom is -0.453 e. The summed E-state index contributed by atoms with van der Waals surface area (Å²) < 4.78 is 5.38. The second-order valence-electron chi connectivity index (χ2n) is 7.61. The van der Waals surface area contributed by atoms with E-state index in [1.165, 1.54) is 0 Å². The third kappa shape index (κ3) is 4.93. The Labute approximate surface area is 176 Å². The zero-order chi connectivity index (χ0) is 20.9. The standard InChI is InChI=1S/C20H28N8O2/c1-16-23-17(26-8-6-25(2)7-9-26)14-18(24-16)27-10-12-28(13-11-27)19(29)15-30-20-21-4-3-5-22-20/h3-5,14H,6-13,15H2,1-2H3. The number of hydrogen-bond acceptors (Lipinski definition) is 9. The number of likely N-dealkylation sites (N-methyl/N-ethyl adjacent to an activating group) is 1. The van der Waals surface area contributed by atoms with Gasteiger partial charge in [0.25, 0.3) is 5.91 Å². The molecule has 2 aliphatic heterocycles. The van der Waals surface area contributed by atoms with Gasteiger partial charge in [-0.15, -0.1) is 0 Å². The van der Waals surface area contributed by atoms with E-state index in [4.69, 9.17) is 4.74 Å². The highest BCUT2D eigenvalue weighted by Crippen LogP contribution is 2.21. The fourth-order valence-corrected chi connectivity index (χ4v) is 3.66. The molecule has 4 heterocycles. The third-order valence-electron chi connectivity index (χ3n) is 5.46. The summed E-state index contributed by atoms with van der Waals surface area (Å²) in [5.74, 6) is 2.63. The van der Waals surface area contributed by atoms with E-state index in [9.17, 15) is 4.79 Å². The average Bonchev–Trinajstić information content (AvgIpc) is 2.78. The zero-order valence-electron chi connectivity index (χ0n) is 17.6. The van der Waals surface area contributed by atoms with Crippen LogP contribution in [0.3, 0.4) is 0 Å². The van der Waals surface area contributed by atoms with Crippen molar-refractivity contribution in [1.29, 1.82) is 0 Å². The largest absolute Gasteiger partial charge is 0.453 e. The van der Waals surface area contributed by atoms with Crippen LogP contribution in [0.5, 0.6) is 6.01 Å². The van der Waals surface area contributed by atoms with Crippen molar-refractivity contribution < 1.29 is 9.53 Å². The van der Waals surface area contributed by atoms with Gasteiger partial charge in [-0.1, -0.05) is 0 Å². The second-order valence-corrected chi connectivity index (χ2v) is 7.61. The summed E-state index contributed by atoms with van der Waals surface area (Å²) in [5, 5.41) is 0. The first-order valence-corrected chi connectivity index (χ1v) is 10.3. The molecular formula is C20H28N8O2. The summed E-state index contributed by atoms with van der Waals surface area (Å²) in [6.45, 7) is 8.62. The van der Waals surface area contributed by atoms with Gasteiger partial charge in [0, 0.05) is 70.8 Å². The lowest BCUT2D eigenvalue weighted by Gasteiger charge is -2.36. The van der Waals surface area contributed by atoms with E-state index in [1.54, 1.807) is 18.5 Å². The number of nitrogens with zero attached hydrogens (tertiary/aromatic N) is 8. The summed E-state index contributed by atoms with van der Waals surface area (Å²) in [6.07, 6.45) is 3.18. The van der Waals surface area contributed by atoms with E-state index in [1.807, 2.05) is 11.8 Å². The summed E-state index contributed by atoms with van der Waals surface area (Å²) in [6, 6.07) is 4.00. The highest BCUT2D eigenvalue weighted by atomic mass is 16.5. The lowest BCUT2D eigenvalue weighted by molar-refractivity contribution is -0.133. The van der Waals surface area contributed by atoms with E-state index in [2.05, 4.69) is 47.7 Å². The molecule has 2 aromatic heterocycles. The predicted octanol–water partition coefficient (Wildman–Crippen LogP) is 0.0544. The molecule has 4 rings (SSSR count). The number of anilines is 2. The molecule has 0 bridgehead atoms. The van der Waals surface area contributed by atoms with Crippen molar-refractivity contribution in [3.8, 4) is 6.01 Å². The Kier molecular flexibility index (Phi) is 6.22. The molecule has 0 aromatic carbocycles. The molecule has 2 saturated heterocycles. The van der Waals surface area contributed by atoms with Gasteiger partial charge in [-0.2, -0.15) is 0 Å². The van der Waals surface area contributed by atoms with Crippen LogP contribution in [0.4, 0.5) is 11.6 Å². The van der Waals surface area contributed by atoms with Gasteiger partial charge in [0.05, 0.1) is 0 Å². The van der Waals surface area contributed by atoms with Crippen LogP contribution in [0.25, 0.3) is 0 Å². The lowest BCUT2D eigenvalue weighted by Crippen LogP contribution is -2.50. The molecule has 160 valence electrons. The molecule has 2 fully saturated rings. The van der Waals surface area contributed by atoms with Gasteiger partial charge in [-0.05, 0) is 20.0 Å². The molecule has 0 unspecified atom stereocenters. The molecule has 0 spiro atoms. The minimum atomic E-state index is -0.0564. The summed E-state index contributed by atoms with van der Waals surface area (Å²) in [5.41, 5.74) is 0. The number of hydrogen-bond donors (Lipinski definition) is 0. The van der Waals surface area contributed by atoms with Gasteiger partial charge in [-0.25, -0.2) is 19.9 Å². The van der Waals surface area contributed by atoms with Crippen LogP contribution in [-0.2, 0) is 4.79 Å². The van der Waals surface area contributed by atoms with Crippen molar-refractivity contribution >= 4 is 17.5 Å². The molecule has 30 heavy (non-hydrogen) atoms. The van der Waals surface area contributed by atoms with Crippen molar-refractivity contribution in [1.82, 2.24) is 29.7 Å². The maximum atomic E-state index is 12.4. The van der Waals surface area contributed by atoms with Gasteiger partial charge in [-0.3, -0.25) is 4.79 Å². The Hall–Kier alpha value is -3.01. The number of carbonyl (C=O) groups excluding carboxylic acids is 1. The lowest BCUT2D eigenvalue weighted by atomic mass is 10.3. The van der Waals surface area contributed by atoms with Crippen molar-refractivity contribution in [2.24, 2.45) is 0 Å². The Balaban J connectivity index is 1.33. The van der Waals surface area contributed by atoms with Gasteiger partial charge in [0.15, 0.2) is 6.61 Å². The minimum absolute atomic E-state index is 0.0514. The van der Waals surface area contributed by atoms with Crippen LogP contribution in [-0.4, -0.2) is 102 Å². The summed E-state index contributed by atoms with van der Waals surface area (Å²) in [4.78, 5) is 38.4. The molecule has 0 aliphatic carbocycles. The molecule has 0 N–H and O–H groups in total. The molecule has 1 amide bonds. The van der Waals surface area contributed by atoms with E-state index in [-0.39, 0.29) is 18.5 Å². The van der Waals surface area contributed by atoms with Crippen LogP contribution in [0.15, 0.2) is 24.5 Å². The fourth-order valence-electron chi connectivity index (χ4n) is 3.66. The molecule has 0 radical (unpaired) electrons. The molecule has 10 heteroatoms. The van der Waals surface area contributed by atoms with E-state index >= 15 is 0 Å². The first kappa shape index (κ1) is 20.3. The van der Waals surface area contributed by atoms with Gasteiger partial charge < -0.3 is 24.3 Å². The molecule has 0 atom stereocenters. The van der Waals surface area contributed by atoms with Crippen molar-refractivity contribution in [2.75, 3.05) is 75.8 Å². The van der Waals surface area contributed by atoms with E-state index < -0.39 is 0 Å². The van der Waals surface area contributed by atoms with Gasteiger partial charge >= 0.3 is 6.01 Å². The molecule has 10 nitrogen and oxygen atoms in total. The summed E-state index contributed by atoms with van der Waals surface area (Å²) >= 11 is 0. The highest BCUT2D eigenvalue weighted by Gasteiger charge is 2.24. The Morgan fingerprint density at radius 3 is 2.10 bits per heavy atom. The van der Waals surface area contributed by atoms with Crippen molar-refractivity contribution in [2.45, 2.75) is 6.92 Å². The van der Waals surface area contributed by atoms with E-state index in [0.29, 0.717) is 13.1 Å². The second kappa shape index (κ2) is 9.21. The molecule has 2 aromatic rings. The Morgan fingerprint density at radius 1 is 0.933 bits per heavy atom. The number of rotatable bonds is 5. The van der Waals surface area contributed by atoms with Gasteiger partial charge in [0.2, 0.25) is 0 Å². The number of piperazine rings is 2. The Morgan fingerprint density at radius 2 is 1.50 bits per heavy atom. The average molecular weight is 412 g/mol. The number of ether oxygens (including phenoxy) is 1. The van der Waals surface area contributed by atoms with E-state index in [0.717, 1.165) is 56.7 Å². The van der Waals surface area contributed by atoms with Crippen LogP contribution in [0, 0.1) is 6.92 Å². The predicted molar refractivity (Wildman–Crippen MR) is 113 cm³/mol. The summed E-state index contributed by atoms with van der Waals surface area (Å²) in [7, 11) is 2.15. The number of aromatic nitrogens is 4. The zero-order valence-corrected chi connectivity index (χ0v) is 17.6. The van der Waals surface area contributed by atoms with Crippen LogP contribution < -0.4 is 14.5 Å². The molecule has 2 aliphatic rings. The monoisotopic (exact) mass is 412 g/mol. The van der Waals surface area contributed by atoms with Gasteiger partial charge in [0.1, 0.15) is 17.5 Å². The number of aryl methyl sites for hydroxylation is 1. The van der Waals surface area contributed by atoms with Crippen LogP contribution in [0.1, 0.15) is 5.82 Å². The first-order valence-electron chi connectivity index (χ1n) is 10.3.